The molecule has 0 rings (SSSR count). The van der Waals surface area contributed by atoms with Gasteiger partial charge >= 0.3 is 0 Å². The molecule has 0 aliphatic rings. The van der Waals surface area contributed by atoms with Crippen LogP contribution in [0.3, 0.4) is 0 Å². The predicted octanol–water partition coefficient (Wildman–Crippen LogP) is 0.871. The lowest BCUT2D eigenvalue weighted by molar-refractivity contribution is 0.127. The Hall–Kier alpha value is -0.120. The monoisotopic (exact) mass is 174 g/mol. The highest BCUT2D eigenvalue weighted by Gasteiger charge is 1.89. The van der Waals surface area contributed by atoms with Gasteiger partial charge in [0.15, 0.2) is 0 Å². The lowest BCUT2D eigenvalue weighted by Gasteiger charge is -2.02. The first kappa shape index (κ1) is 11.9. The molecule has 0 saturated heterocycles. The molecule has 0 aromatic carbocycles. The fraction of sp³-hybridized carbons (Fsp3) is 1.00. The van der Waals surface area contributed by atoms with Gasteiger partial charge in [-0.05, 0) is 45.2 Å². The van der Waals surface area contributed by atoms with Gasteiger partial charge in [0, 0.05) is 13.2 Å². The van der Waals surface area contributed by atoms with Crippen molar-refractivity contribution in [3.8, 4) is 0 Å². The van der Waals surface area contributed by atoms with Crippen molar-refractivity contribution in [2.24, 2.45) is 11.5 Å². The second kappa shape index (κ2) is 10.9. The Morgan fingerprint density at radius 1 is 0.667 bits per heavy atom. The first-order chi connectivity index (χ1) is 5.91. The average Bonchev–Trinajstić information content (AvgIpc) is 2.10. The van der Waals surface area contributed by atoms with Crippen LogP contribution in [0.4, 0.5) is 0 Å². The molecule has 0 atom stereocenters. The third-order valence-electron chi connectivity index (χ3n) is 1.74. The molecule has 3 nitrogen and oxygen atoms in total. The van der Waals surface area contributed by atoms with Gasteiger partial charge < -0.3 is 16.2 Å². The van der Waals surface area contributed by atoms with Crippen molar-refractivity contribution in [1.82, 2.24) is 0 Å². The summed E-state index contributed by atoms with van der Waals surface area (Å²) in [5, 5.41) is 0. The number of unbranched alkanes of at least 4 members (excludes halogenated alkanes) is 3. The minimum atomic E-state index is 0.774. The van der Waals surface area contributed by atoms with E-state index in [-0.39, 0.29) is 0 Å². The number of ether oxygens (including phenoxy) is 1. The Balaban J connectivity index is 2.73. The van der Waals surface area contributed by atoms with E-state index in [0.717, 1.165) is 52.0 Å². The van der Waals surface area contributed by atoms with E-state index in [2.05, 4.69) is 0 Å². The molecule has 0 unspecified atom stereocenters. The molecule has 0 aliphatic carbocycles. The van der Waals surface area contributed by atoms with Crippen LogP contribution in [0.1, 0.15) is 32.1 Å². The first-order valence-corrected chi connectivity index (χ1v) is 4.89. The van der Waals surface area contributed by atoms with Crippen molar-refractivity contribution >= 4 is 0 Å². The Labute approximate surface area is 75.5 Å². The minimum absolute atomic E-state index is 0.774. The molecule has 3 heteroatoms. The van der Waals surface area contributed by atoms with E-state index in [1.165, 1.54) is 6.42 Å². The van der Waals surface area contributed by atoms with Crippen molar-refractivity contribution < 1.29 is 4.74 Å². The first-order valence-electron chi connectivity index (χ1n) is 4.89. The number of rotatable bonds is 9. The van der Waals surface area contributed by atoms with Crippen LogP contribution in [0.5, 0.6) is 0 Å². The summed E-state index contributed by atoms with van der Waals surface area (Å²) >= 11 is 0. The van der Waals surface area contributed by atoms with Crippen molar-refractivity contribution in [3.05, 3.63) is 0 Å². The standard InChI is InChI=1S/C9H22N2O/c10-6-2-1-4-8-12-9-5-3-7-11/h1-11H2. The maximum Gasteiger partial charge on any atom is 0.0466 e. The molecule has 0 amide bonds. The van der Waals surface area contributed by atoms with E-state index >= 15 is 0 Å². The van der Waals surface area contributed by atoms with Crippen LogP contribution in [0.25, 0.3) is 0 Å². The molecule has 74 valence electrons. The zero-order valence-corrected chi connectivity index (χ0v) is 7.93. The summed E-state index contributed by atoms with van der Waals surface area (Å²) in [6.07, 6.45) is 5.61. The Morgan fingerprint density at radius 2 is 1.17 bits per heavy atom. The summed E-state index contributed by atoms with van der Waals surface area (Å²) in [6.45, 7) is 3.31. The molecular formula is C9H22N2O. The van der Waals surface area contributed by atoms with E-state index in [0.29, 0.717) is 0 Å². The number of nitrogens with two attached hydrogens (primary N) is 2. The van der Waals surface area contributed by atoms with Gasteiger partial charge in [0.05, 0.1) is 0 Å². The van der Waals surface area contributed by atoms with Crippen molar-refractivity contribution in [2.45, 2.75) is 32.1 Å². The summed E-state index contributed by atoms with van der Waals surface area (Å²) in [4.78, 5) is 0. The third kappa shape index (κ3) is 9.88. The summed E-state index contributed by atoms with van der Waals surface area (Å²) in [7, 11) is 0. The largest absolute Gasteiger partial charge is 0.381 e. The summed E-state index contributed by atoms with van der Waals surface area (Å²) in [5.41, 5.74) is 10.7. The van der Waals surface area contributed by atoms with Crippen LogP contribution in [-0.4, -0.2) is 26.3 Å². The highest BCUT2D eigenvalue weighted by Crippen LogP contribution is 1.95. The maximum atomic E-state index is 5.39. The maximum absolute atomic E-state index is 5.39. The van der Waals surface area contributed by atoms with E-state index in [4.69, 9.17) is 16.2 Å². The van der Waals surface area contributed by atoms with Crippen LogP contribution in [0.15, 0.2) is 0 Å². The minimum Gasteiger partial charge on any atom is -0.381 e. The molecule has 0 aromatic rings. The summed E-state index contributed by atoms with van der Waals surface area (Å²) < 4.78 is 5.39. The Kier molecular flexibility index (Phi) is 10.8. The molecule has 0 aromatic heterocycles. The quantitative estimate of drug-likeness (QED) is 0.510. The van der Waals surface area contributed by atoms with Gasteiger partial charge in [0.1, 0.15) is 0 Å². The van der Waals surface area contributed by atoms with Gasteiger partial charge in [-0.1, -0.05) is 0 Å². The van der Waals surface area contributed by atoms with Crippen LogP contribution in [0.2, 0.25) is 0 Å². The second-order valence-electron chi connectivity index (χ2n) is 2.96. The highest BCUT2D eigenvalue weighted by atomic mass is 16.5. The number of hydrogen-bond acceptors (Lipinski definition) is 3. The predicted molar refractivity (Wildman–Crippen MR) is 52.0 cm³/mol. The van der Waals surface area contributed by atoms with Crippen molar-refractivity contribution in [3.63, 3.8) is 0 Å². The Morgan fingerprint density at radius 3 is 1.75 bits per heavy atom. The molecule has 0 spiro atoms. The van der Waals surface area contributed by atoms with Crippen LogP contribution < -0.4 is 11.5 Å². The lowest BCUT2D eigenvalue weighted by Crippen LogP contribution is -2.03. The zero-order chi connectivity index (χ0) is 9.07. The molecule has 0 fully saturated rings. The van der Waals surface area contributed by atoms with Crippen molar-refractivity contribution in [2.75, 3.05) is 26.3 Å². The summed E-state index contributed by atoms with van der Waals surface area (Å²) in [5.74, 6) is 0. The molecular weight excluding hydrogens is 152 g/mol. The third-order valence-corrected chi connectivity index (χ3v) is 1.74. The molecule has 0 heterocycles. The van der Waals surface area contributed by atoms with E-state index in [1.54, 1.807) is 0 Å². The molecule has 0 aliphatic heterocycles. The molecule has 0 radical (unpaired) electrons. The van der Waals surface area contributed by atoms with Gasteiger partial charge in [0.25, 0.3) is 0 Å². The topological polar surface area (TPSA) is 61.3 Å². The fourth-order valence-corrected chi connectivity index (χ4v) is 0.976. The van der Waals surface area contributed by atoms with E-state index in [1.807, 2.05) is 0 Å². The fourth-order valence-electron chi connectivity index (χ4n) is 0.976. The second-order valence-corrected chi connectivity index (χ2v) is 2.96. The zero-order valence-electron chi connectivity index (χ0n) is 7.93. The number of hydrogen-bond donors (Lipinski definition) is 2. The summed E-state index contributed by atoms with van der Waals surface area (Å²) in [6, 6.07) is 0. The SMILES string of the molecule is NCCCCCOCCCCN. The molecule has 0 bridgehead atoms. The van der Waals surface area contributed by atoms with E-state index < -0.39 is 0 Å². The van der Waals surface area contributed by atoms with Crippen LogP contribution >= 0.6 is 0 Å². The smallest absolute Gasteiger partial charge is 0.0466 e. The Bertz CT molecular complexity index is 68.9. The molecule has 4 N–H and O–H groups in total. The van der Waals surface area contributed by atoms with Crippen molar-refractivity contribution in [1.29, 1.82) is 0 Å². The van der Waals surface area contributed by atoms with Gasteiger partial charge in [0.2, 0.25) is 0 Å². The van der Waals surface area contributed by atoms with Gasteiger partial charge in [-0.2, -0.15) is 0 Å². The van der Waals surface area contributed by atoms with Gasteiger partial charge in [-0.25, -0.2) is 0 Å². The molecule has 12 heavy (non-hydrogen) atoms. The van der Waals surface area contributed by atoms with E-state index in [9.17, 15) is 0 Å². The highest BCUT2D eigenvalue weighted by molar-refractivity contribution is 4.42. The lowest BCUT2D eigenvalue weighted by atomic mass is 10.2. The van der Waals surface area contributed by atoms with Gasteiger partial charge in [-0.15, -0.1) is 0 Å². The van der Waals surface area contributed by atoms with Crippen LogP contribution in [-0.2, 0) is 4.74 Å². The van der Waals surface area contributed by atoms with Gasteiger partial charge in [-0.3, -0.25) is 0 Å². The molecule has 0 saturated carbocycles. The van der Waals surface area contributed by atoms with Crippen LogP contribution in [0, 0.1) is 0 Å². The average molecular weight is 174 g/mol. The normalized spacial score (nSPS) is 10.5.